The van der Waals surface area contributed by atoms with Crippen LogP contribution in [0.3, 0.4) is 0 Å². The second kappa shape index (κ2) is 16.7. The van der Waals surface area contributed by atoms with Crippen LogP contribution in [0.2, 0.25) is 0 Å². The first kappa shape index (κ1) is 38.5. The molecule has 5 rings (SSSR count). The predicted octanol–water partition coefficient (Wildman–Crippen LogP) is 0.806. The topological polar surface area (TPSA) is 229 Å². The van der Waals surface area contributed by atoms with Crippen molar-refractivity contribution in [2.24, 2.45) is 0 Å². The molecule has 3 aliphatic rings. The van der Waals surface area contributed by atoms with Gasteiger partial charge >= 0.3 is 23.9 Å². The van der Waals surface area contributed by atoms with Crippen LogP contribution in [0, 0.1) is 0 Å². The van der Waals surface area contributed by atoms with Gasteiger partial charge in [0.15, 0.2) is 17.7 Å². The summed E-state index contributed by atoms with van der Waals surface area (Å²) in [4.78, 5) is 75.5. The molecule has 1 saturated heterocycles. The van der Waals surface area contributed by atoms with E-state index in [0.29, 0.717) is 11.1 Å². The van der Waals surface area contributed by atoms with Gasteiger partial charge in [-0.1, -0.05) is 42.5 Å². The van der Waals surface area contributed by atoms with Crippen LogP contribution in [0.15, 0.2) is 103 Å². The van der Waals surface area contributed by atoms with Crippen LogP contribution in [-0.4, -0.2) is 104 Å². The number of aliphatic hydroxyl groups excluding tert-OH is 1. The summed E-state index contributed by atoms with van der Waals surface area (Å²) >= 11 is 0. The number of ketones is 2. The van der Waals surface area contributed by atoms with E-state index in [1.807, 2.05) is 0 Å². The van der Waals surface area contributed by atoms with Gasteiger partial charge in [0, 0.05) is 0 Å². The van der Waals surface area contributed by atoms with Gasteiger partial charge < -0.3 is 44.1 Å². The van der Waals surface area contributed by atoms with E-state index in [2.05, 4.69) is 0 Å². The Morgan fingerprint density at radius 2 is 1.19 bits per heavy atom. The fourth-order valence-corrected chi connectivity index (χ4v) is 5.59. The zero-order valence-corrected chi connectivity index (χ0v) is 28.0. The Morgan fingerprint density at radius 3 is 1.77 bits per heavy atom. The van der Waals surface area contributed by atoms with E-state index >= 15 is 0 Å². The number of carbonyl (C=O) groups excluding carboxylic acids is 6. The van der Waals surface area contributed by atoms with Crippen molar-refractivity contribution in [3.8, 4) is 5.75 Å². The van der Waals surface area contributed by atoms with Crippen molar-refractivity contribution in [1.82, 2.24) is 0 Å². The van der Waals surface area contributed by atoms with Crippen LogP contribution in [0.4, 0.5) is 0 Å². The number of aromatic hydroxyl groups is 1. The van der Waals surface area contributed by atoms with Crippen LogP contribution in [0.5, 0.6) is 5.75 Å². The zero-order chi connectivity index (χ0) is 38.2. The summed E-state index contributed by atoms with van der Waals surface area (Å²) in [6, 6.07) is 14.1. The lowest BCUT2D eigenvalue weighted by atomic mass is 9.94. The maximum atomic E-state index is 13.2. The number of allylic oxidation sites excluding steroid dienone is 4. The highest BCUT2D eigenvalue weighted by Gasteiger charge is 2.52. The lowest BCUT2D eigenvalue weighted by Crippen LogP contribution is -2.62. The first-order valence-corrected chi connectivity index (χ1v) is 16.4. The van der Waals surface area contributed by atoms with Crippen molar-refractivity contribution in [3.63, 3.8) is 0 Å². The lowest BCUT2D eigenvalue weighted by molar-refractivity contribution is -0.299. The Morgan fingerprint density at radius 1 is 0.660 bits per heavy atom. The van der Waals surface area contributed by atoms with E-state index in [0.717, 1.165) is 48.6 Å². The van der Waals surface area contributed by atoms with Gasteiger partial charge in [-0.25, -0.2) is 0 Å². The van der Waals surface area contributed by atoms with Crippen molar-refractivity contribution in [3.05, 3.63) is 114 Å². The number of ether oxygens (including phenoxy) is 5. The minimum Gasteiger partial charge on any atom is -0.508 e. The number of hydrogen-bond donors (Lipinski definition) is 4. The van der Waals surface area contributed by atoms with Crippen LogP contribution in [0.1, 0.15) is 24.0 Å². The van der Waals surface area contributed by atoms with Crippen molar-refractivity contribution in [2.45, 2.75) is 67.6 Å². The fraction of sp³-hybridized carbons (Fsp3) is 0.316. The van der Waals surface area contributed by atoms with Gasteiger partial charge in [-0.2, -0.15) is 0 Å². The zero-order valence-electron chi connectivity index (χ0n) is 28.0. The minimum atomic E-state index is -1.94. The molecule has 1 fully saturated rings. The molecule has 0 radical (unpaired) electrons. The average Bonchev–Trinajstić information content (AvgIpc) is 3.10. The molecule has 5 atom stereocenters. The highest BCUT2D eigenvalue weighted by Crippen LogP contribution is 2.30. The smallest absolute Gasteiger partial charge is 0.311 e. The summed E-state index contributed by atoms with van der Waals surface area (Å²) in [7, 11) is 0. The second-order valence-electron chi connectivity index (χ2n) is 12.6. The number of benzene rings is 2. The predicted molar refractivity (Wildman–Crippen MR) is 179 cm³/mol. The SMILES string of the molecule is O=C1C=CC(O)(CC(=O)OCC2OC(OC(=O)CC3(O)C=CC(=O)C=C3)C(OC(=O)Cc3ccccc3)C(OC(=O)Cc3cccc(O)c3)C2O)C=C1. The quantitative estimate of drug-likeness (QED) is 0.165. The lowest BCUT2D eigenvalue weighted by Gasteiger charge is -2.42. The Kier molecular flexibility index (Phi) is 12.2. The summed E-state index contributed by atoms with van der Waals surface area (Å²) in [6.45, 7) is -0.751. The molecule has 2 aliphatic carbocycles. The van der Waals surface area contributed by atoms with Crippen molar-refractivity contribution in [1.29, 1.82) is 0 Å². The summed E-state index contributed by atoms with van der Waals surface area (Å²) in [6.07, 6.45) is -2.49. The van der Waals surface area contributed by atoms with Crippen molar-refractivity contribution in [2.75, 3.05) is 6.61 Å². The van der Waals surface area contributed by atoms with Gasteiger partial charge in [-0.3, -0.25) is 28.8 Å². The first-order chi connectivity index (χ1) is 25.2. The van der Waals surface area contributed by atoms with Gasteiger partial charge in [0.1, 0.15) is 35.8 Å². The normalized spacial score (nSPS) is 23.9. The van der Waals surface area contributed by atoms with Gasteiger partial charge in [0.25, 0.3) is 0 Å². The van der Waals surface area contributed by atoms with E-state index in [9.17, 15) is 49.2 Å². The van der Waals surface area contributed by atoms with E-state index in [1.165, 1.54) is 24.3 Å². The summed E-state index contributed by atoms with van der Waals surface area (Å²) in [5.41, 5.74) is -2.92. The van der Waals surface area contributed by atoms with Gasteiger partial charge in [0.05, 0.1) is 25.7 Å². The molecule has 0 amide bonds. The van der Waals surface area contributed by atoms with Crippen LogP contribution in [-0.2, 0) is 65.3 Å². The van der Waals surface area contributed by atoms with E-state index < -0.39 is 103 Å². The minimum absolute atomic E-state index is 0.132. The van der Waals surface area contributed by atoms with Crippen molar-refractivity contribution >= 4 is 35.4 Å². The monoisotopic (exact) mass is 732 g/mol. The third-order valence-electron chi connectivity index (χ3n) is 8.26. The summed E-state index contributed by atoms with van der Waals surface area (Å²) in [5, 5.41) is 42.8. The number of phenols is 1. The Hall–Kier alpha value is -5.74. The number of carbonyl (C=O) groups is 6. The van der Waals surface area contributed by atoms with Crippen LogP contribution < -0.4 is 0 Å². The van der Waals surface area contributed by atoms with E-state index in [1.54, 1.807) is 30.3 Å². The third-order valence-corrected chi connectivity index (χ3v) is 8.26. The first-order valence-electron chi connectivity index (χ1n) is 16.4. The Balaban J connectivity index is 1.40. The number of phenolic OH excluding ortho intramolecular Hbond substituents is 1. The standard InChI is InChI=1S/C38H36O15/c39-25-9-13-37(47,14-10-25)20-31(44)49-22-28-33(46)34(51-30(43)19-24-7-4-8-27(41)17-24)35(52-29(42)18-23-5-2-1-3-6-23)36(50-28)53-32(45)21-38(48)15-11-26(40)12-16-38/h1-17,28,33-36,41,46-48H,18-22H2. The Labute approximate surface area is 302 Å². The summed E-state index contributed by atoms with van der Waals surface area (Å²) in [5.74, 6) is -4.95. The highest BCUT2D eigenvalue weighted by molar-refractivity contribution is 6.01. The number of rotatable bonds is 13. The van der Waals surface area contributed by atoms with Crippen LogP contribution in [0.25, 0.3) is 0 Å². The molecule has 53 heavy (non-hydrogen) atoms. The van der Waals surface area contributed by atoms with E-state index in [-0.39, 0.29) is 12.2 Å². The molecule has 0 bridgehead atoms. The molecular weight excluding hydrogens is 696 g/mol. The molecule has 0 aromatic heterocycles. The van der Waals surface area contributed by atoms with Crippen molar-refractivity contribution < 1.29 is 72.9 Å². The highest BCUT2D eigenvalue weighted by atomic mass is 16.7. The van der Waals surface area contributed by atoms with Crippen LogP contribution >= 0.6 is 0 Å². The molecule has 278 valence electrons. The maximum absolute atomic E-state index is 13.2. The maximum Gasteiger partial charge on any atom is 0.311 e. The van der Waals surface area contributed by atoms with Gasteiger partial charge in [-0.05, 0) is 71.9 Å². The van der Waals surface area contributed by atoms with E-state index in [4.69, 9.17) is 23.7 Å². The molecule has 0 spiro atoms. The largest absolute Gasteiger partial charge is 0.508 e. The fourth-order valence-electron chi connectivity index (χ4n) is 5.59. The molecule has 0 saturated carbocycles. The molecule has 2 aromatic carbocycles. The number of aliphatic hydroxyl groups is 3. The van der Waals surface area contributed by atoms with Gasteiger partial charge in [-0.15, -0.1) is 0 Å². The number of esters is 4. The van der Waals surface area contributed by atoms with Gasteiger partial charge in [0.2, 0.25) is 12.4 Å². The third kappa shape index (κ3) is 10.9. The molecule has 2 aromatic rings. The molecule has 15 heteroatoms. The molecule has 5 unspecified atom stereocenters. The molecule has 4 N–H and O–H groups in total. The number of hydrogen-bond acceptors (Lipinski definition) is 15. The molecular formula is C38H36O15. The molecule has 15 nitrogen and oxygen atoms in total. The summed E-state index contributed by atoms with van der Waals surface area (Å²) < 4.78 is 27.9. The Bertz CT molecular complexity index is 1810. The second-order valence-corrected chi connectivity index (χ2v) is 12.6. The molecule has 1 aliphatic heterocycles. The average molecular weight is 733 g/mol. The molecule has 1 heterocycles.